The number of piperazine rings is 1. The smallest absolute Gasteiger partial charge is 0.119 e. The Balaban J connectivity index is 1.87. The minimum atomic E-state index is 0.850. The predicted molar refractivity (Wildman–Crippen MR) is 75.1 cm³/mol. The average molecular weight is 244 g/mol. The molecule has 18 heavy (non-hydrogen) atoms. The number of benzene rings is 1. The van der Waals surface area contributed by atoms with Gasteiger partial charge in [0.15, 0.2) is 0 Å². The summed E-state index contributed by atoms with van der Waals surface area (Å²) >= 11 is 0. The number of rotatable bonds is 4. The van der Waals surface area contributed by atoms with Gasteiger partial charge in [0, 0.05) is 44.8 Å². The Morgan fingerprint density at radius 1 is 1.17 bits per heavy atom. The van der Waals surface area contributed by atoms with Gasteiger partial charge >= 0.3 is 0 Å². The molecule has 0 radical (unpaired) electrons. The molecule has 0 N–H and O–H groups in total. The summed E-state index contributed by atoms with van der Waals surface area (Å²) in [5.41, 5.74) is 1.27. The van der Waals surface area contributed by atoms with Crippen LogP contribution in [0, 0.1) is 12.3 Å². The van der Waals surface area contributed by atoms with Crippen molar-refractivity contribution < 1.29 is 4.74 Å². The summed E-state index contributed by atoms with van der Waals surface area (Å²) in [5.74, 6) is 3.61. The molecule has 1 aromatic rings. The van der Waals surface area contributed by atoms with E-state index in [9.17, 15) is 0 Å². The summed E-state index contributed by atoms with van der Waals surface area (Å²) < 4.78 is 5.17. The van der Waals surface area contributed by atoms with Crippen molar-refractivity contribution in [3.63, 3.8) is 0 Å². The van der Waals surface area contributed by atoms with E-state index in [0.29, 0.717) is 0 Å². The van der Waals surface area contributed by atoms with E-state index in [2.05, 4.69) is 27.9 Å². The Bertz CT molecular complexity index is 399. The normalized spacial score (nSPS) is 16.3. The lowest BCUT2D eigenvalue weighted by Gasteiger charge is -2.35. The Morgan fingerprint density at radius 3 is 2.39 bits per heavy atom. The fourth-order valence-corrected chi connectivity index (χ4v) is 2.25. The minimum Gasteiger partial charge on any atom is -0.497 e. The molecular weight excluding hydrogens is 224 g/mol. The number of hydrogen-bond acceptors (Lipinski definition) is 3. The first-order chi connectivity index (χ1) is 8.83. The Hall–Kier alpha value is -1.66. The molecule has 0 atom stereocenters. The van der Waals surface area contributed by atoms with Crippen molar-refractivity contribution in [2.24, 2.45) is 0 Å². The van der Waals surface area contributed by atoms with Crippen LogP contribution in [-0.4, -0.2) is 44.7 Å². The van der Waals surface area contributed by atoms with Crippen LogP contribution in [0.1, 0.15) is 6.42 Å². The van der Waals surface area contributed by atoms with E-state index >= 15 is 0 Å². The zero-order chi connectivity index (χ0) is 12.8. The van der Waals surface area contributed by atoms with Crippen LogP contribution in [-0.2, 0) is 0 Å². The third kappa shape index (κ3) is 3.18. The highest BCUT2D eigenvalue weighted by Gasteiger charge is 2.16. The summed E-state index contributed by atoms with van der Waals surface area (Å²) in [5, 5.41) is 0. The topological polar surface area (TPSA) is 15.7 Å². The number of anilines is 1. The van der Waals surface area contributed by atoms with Crippen molar-refractivity contribution in [1.82, 2.24) is 4.90 Å². The van der Waals surface area contributed by atoms with E-state index in [1.807, 2.05) is 12.1 Å². The van der Waals surface area contributed by atoms with Crippen LogP contribution in [0.15, 0.2) is 24.3 Å². The first-order valence-electron chi connectivity index (χ1n) is 6.38. The first kappa shape index (κ1) is 12.8. The maximum absolute atomic E-state index is 5.29. The number of ether oxygens (including phenoxy) is 1. The zero-order valence-corrected chi connectivity index (χ0v) is 10.9. The predicted octanol–water partition coefficient (Wildman–Crippen LogP) is 1.84. The molecule has 0 saturated carbocycles. The highest BCUT2D eigenvalue weighted by atomic mass is 16.5. The van der Waals surface area contributed by atoms with Gasteiger partial charge in [-0.3, -0.25) is 4.90 Å². The minimum absolute atomic E-state index is 0.850. The van der Waals surface area contributed by atoms with Gasteiger partial charge in [0.1, 0.15) is 5.75 Å². The molecule has 0 aromatic heterocycles. The van der Waals surface area contributed by atoms with Crippen molar-refractivity contribution in [2.75, 3.05) is 44.7 Å². The molecule has 0 aliphatic carbocycles. The molecule has 1 fully saturated rings. The summed E-state index contributed by atoms with van der Waals surface area (Å²) in [6.07, 6.45) is 6.14. The van der Waals surface area contributed by atoms with Crippen molar-refractivity contribution in [1.29, 1.82) is 0 Å². The third-order valence-electron chi connectivity index (χ3n) is 3.38. The average Bonchev–Trinajstić information content (AvgIpc) is 2.46. The van der Waals surface area contributed by atoms with Crippen LogP contribution in [0.3, 0.4) is 0 Å². The molecule has 1 heterocycles. The van der Waals surface area contributed by atoms with Crippen LogP contribution in [0.4, 0.5) is 5.69 Å². The molecule has 0 unspecified atom stereocenters. The lowest BCUT2D eigenvalue weighted by molar-refractivity contribution is 0.264. The number of nitrogens with zero attached hydrogens (tertiary/aromatic N) is 2. The van der Waals surface area contributed by atoms with Gasteiger partial charge in [0.05, 0.1) is 7.11 Å². The van der Waals surface area contributed by atoms with Gasteiger partial charge < -0.3 is 9.64 Å². The van der Waals surface area contributed by atoms with Crippen LogP contribution in [0.25, 0.3) is 0 Å². The summed E-state index contributed by atoms with van der Waals surface area (Å²) in [6, 6.07) is 8.27. The van der Waals surface area contributed by atoms with Crippen molar-refractivity contribution in [3.8, 4) is 18.1 Å². The monoisotopic (exact) mass is 244 g/mol. The molecule has 1 aliphatic heterocycles. The van der Waals surface area contributed by atoms with E-state index in [0.717, 1.165) is 44.9 Å². The SMILES string of the molecule is C#CCCN1CCN(c2ccc(OC)cc2)CC1. The van der Waals surface area contributed by atoms with E-state index in [-0.39, 0.29) is 0 Å². The molecule has 96 valence electrons. The number of methoxy groups -OCH3 is 1. The van der Waals surface area contributed by atoms with E-state index < -0.39 is 0 Å². The Kier molecular flexibility index (Phi) is 4.49. The molecular formula is C15H20N2O. The standard InChI is InChI=1S/C15H20N2O/c1-3-4-9-16-10-12-17(13-11-16)14-5-7-15(18-2)8-6-14/h1,5-8H,4,9-13H2,2H3. The maximum atomic E-state index is 5.29. The second-order valence-electron chi connectivity index (χ2n) is 4.48. The fourth-order valence-electron chi connectivity index (χ4n) is 2.25. The maximum Gasteiger partial charge on any atom is 0.119 e. The second kappa shape index (κ2) is 6.32. The zero-order valence-electron chi connectivity index (χ0n) is 10.9. The molecule has 1 aliphatic rings. The summed E-state index contributed by atoms with van der Waals surface area (Å²) in [4.78, 5) is 4.84. The summed E-state index contributed by atoms with van der Waals surface area (Å²) in [6.45, 7) is 5.34. The molecule has 0 amide bonds. The second-order valence-corrected chi connectivity index (χ2v) is 4.48. The van der Waals surface area contributed by atoms with Crippen molar-refractivity contribution in [3.05, 3.63) is 24.3 Å². The molecule has 3 heteroatoms. The van der Waals surface area contributed by atoms with Crippen LogP contribution in [0.5, 0.6) is 5.75 Å². The van der Waals surface area contributed by atoms with Crippen LogP contribution >= 0.6 is 0 Å². The van der Waals surface area contributed by atoms with E-state index in [1.165, 1.54) is 5.69 Å². The van der Waals surface area contributed by atoms with Gasteiger partial charge in [0.2, 0.25) is 0 Å². The van der Waals surface area contributed by atoms with Gasteiger partial charge in [-0.25, -0.2) is 0 Å². The fraction of sp³-hybridized carbons (Fsp3) is 0.467. The molecule has 0 bridgehead atoms. The number of terminal acetylenes is 1. The molecule has 3 nitrogen and oxygen atoms in total. The lowest BCUT2D eigenvalue weighted by Crippen LogP contribution is -2.46. The quantitative estimate of drug-likeness (QED) is 0.752. The van der Waals surface area contributed by atoms with Gasteiger partial charge in [-0.2, -0.15) is 0 Å². The van der Waals surface area contributed by atoms with E-state index in [4.69, 9.17) is 11.2 Å². The number of hydrogen-bond donors (Lipinski definition) is 0. The van der Waals surface area contributed by atoms with Gasteiger partial charge in [-0.1, -0.05) is 0 Å². The Morgan fingerprint density at radius 2 is 1.83 bits per heavy atom. The molecule has 1 aromatic carbocycles. The largest absolute Gasteiger partial charge is 0.497 e. The lowest BCUT2D eigenvalue weighted by atomic mass is 10.2. The van der Waals surface area contributed by atoms with Crippen molar-refractivity contribution >= 4 is 5.69 Å². The highest BCUT2D eigenvalue weighted by Crippen LogP contribution is 2.20. The van der Waals surface area contributed by atoms with Gasteiger partial charge in [-0.15, -0.1) is 12.3 Å². The molecule has 0 spiro atoms. The van der Waals surface area contributed by atoms with E-state index in [1.54, 1.807) is 7.11 Å². The van der Waals surface area contributed by atoms with Crippen LogP contribution < -0.4 is 9.64 Å². The summed E-state index contributed by atoms with van der Waals surface area (Å²) in [7, 11) is 1.69. The third-order valence-corrected chi connectivity index (χ3v) is 3.38. The van der Waals surface area contributed by atoms with Crippen molar-refractivity contribution in [2.45, 2.75) is 6.42 Å². The van der Waals surface area contributed by atoms with Gasteiger partial charge in [-0.05, 0) is 24.3 Å². The van der Waals surface area contributed by atoms with Gasteiger partial charge in [0.25, 0.3) is 0 Å². The molecule has 2 rings (SSSR count). The van der Waals surface area contributed by atoms with Crippen LogP contribution in [0.2, 0.25) is 0 Å². The Labute approximate surface area is 109 Å². The first-order valence-corrected chi connectivity index (χ1v) is 6.38. The highest BCUT2D eigenvalue weighted by molar-refractivity contribution is 5.49. The molecule has 1 saturated heterocycles.